The van der Waals surface area contributed by atoms with Crippen molar-refractivity contribution in [3.63, 3.8) is 0 Å². The van der Waals surface area contributed by atoms with Gasteiger partial charge >= 0.3 is 0 Å². The third-order valence-corrected chi connectivity index (χ3v) is 3.90. The summed E-state index contributed by atoms with van der Waals surface area (Å²) < 4.78 is 5.43. The van der Waals surface area contributed by atoms with Gasteiger partial charge in [0.15, 0.2) is 17.3 Å². The molecule has 0 saturated heterocycles. The van der Waals surface area contributed by atoms with Gasteiger partial charge in [0.2, 0.25) is 0 Å². The molecule has 0 radical (unpaired) electrons. The highest BCUT2D eigenvalue weighted by atomic mass is 16.5. The van der Waals surface area contributed by atoms with Crippen LogP contribution in [0.15, 0.2) is 36.4 Å². The fourth-order valence-electron chi connectivity index (χ4n) is 2.46. The van der Waals surface area contributed by atoms with Gasteiger partial charge in [-0.1, -0.05) is 70.2 Å². The van der Waals surface area contributed by atoms with Gasteiger partial charge in [0.1, 0.15) is 0 Å². The number of rotatable bonds is 13. The number of ether oxygens (including phenoxy) is 1. The highest BCUT2D eigenvalue weighted by Gasteiger charge is 2.01. The lowest BCUT2D eigenvalue weighted by molar-refractivity contribution is -0.114. The van der Waals surface area contributed by atoms with Gasteiger partial charge in [0.05, 0.1) is 6.61 Å². The van der Waals surface area contributed by atoms with Gasteiger partial charge < -0.3 is 9.84 Å². The molecule has 3 nitrogen and oxygen atoms in total. The lowest BCUT2D eigenvalue weighted by Gasteiger charge is -2.06. The number of phenols is 1. The van der Waals surface area contributed by atoms with Crippen LogP contribution in [0.1, 0.15) is 70.8 Å². The number of allylic oxidation sites excluding steroid dienone is 3. The summed E-state index contributed by atoms with van der Waals surface area (Å²) in [7, 11) is 0. The van der Waals surface area contributed by atoms with E-state index in [-0.39, 0.29) is 11.5 Å². The highest BCUT2D eigenvalue weighted by molar-refractivity contribution is 5.89. The predicted molar refractivity (Wildman–Crippen MR) is 105 cm³/mol. The van der Waals surface area contributed by atoms with Gasteiger partial charge in [-0.15, -0.1) is 0 Å². The highest BCUT2D eigenvalue weighted by Crippen LogP contribution is 2.27. The maximum atomic E-state index is 11.8. The first-order chi connectivity index (χ1) is 12.2. The third-order valence-electron chi connectivity index (χ3n) is 3.90. The fraction of sp³-hybridized carbons (Fsp3) is 0.500. The zero-order valence-electron chi connectivity index (χ0n) is 15.7. The van der Waals surface area contributed by atoms with Crippen LogP contribution in [0.3, 0.4) is 0 Å². The van der Waals surface area contributed by atoms with Crippen LogP contribution in [0, 0.1) is 0 Å². The number of benzene rings is 1. The van der Waals surface area contributed by atoms with Crippen LogP contribution in [0.2, 0.25) is 0 Å². The molecule has 0 aliphatic rings. The molecule has 0 heterocycles. The molecule has 0 saturated carbocycles. The number of hydrogen-bond acceptors (Lipinski definition) is 3. The molecule has 25 heavy (non-hydrogen) atoms. The van der Waals surface area contributed by atoms with E-state index in [9.17, 15) is 9.90 Å². The van der Waals surface area contributed by atoms with E-state index in [2.05, 4.69) is 6.92 Å². The zero-order valence-corrected chi connectivity index (χ0v) is 15.7. The molecular weight excluding hydrogens is 312 g/mol. The van der Waals surface area contributed by atoms with E-state index in [4.69, 9.17) is 4.74 Å². The molecule has 0 atom stereocenters. The molecule has 0 spiro atoms. The summed E-state index contributed by atoms with van der Waals surface area (Å²) in [5, 5.41) is 9.91. The third kappa shape index (κ3) is 9.75. The van der Waals surface area contributed by atoms with Crippen LogP contribution in [0.4, 0.5) is 0 Å². The summed E-state index contributed by atoms with van der Waals surface area (Å²) in [6.45, 7) is 4.82. The van der Waals surface area contributed by atoms with Crippen LogP contribution in [0.5, 0.6) is 11.5 Å². The predicted octanol–water partition coefficient (Wildman–Crippen LogP) is 6.07. The number of carbonyl (C=O) groups excluding carboxylic acids is 1. The molecule has 0 unspecified atom stereocenters. The molecule has 0 aromatic heterocycles. The molecule has 1 aromatic carbocycles. The number of aromatic hydroxyl groups is 1. The van der Waals surface area contributed by atoms with E-state index in [0.717, 1.165) is 24.8 Å². The molecule has 1 aromatic rings. The molecule has 3 heteroatoms. The van der Waals surface area contributed by atoms with Crippen molar-refractivity contribution in [2.75, 3.05) is 6.61 Å². The van der Waals surface area contributed by atoms with Crippen molar-refractivity contribution in [3.8, 4) is 11.5 Å². The number of carbonyl (C=O) groups is 1. The average molecular weight is 344 g/mol. The largest absolute Gasteiger partial charge is 0.504 e. The summed E-state index contributed by atoms with van der Waals surface area (Å²) in [6, 6.07) is 5.30. The van der Waals surface area contributed by atoms with Crippen molar-refractivity contribution in [1.82, 2.24) is 0 Å². The van der Waals surface area contributed by atoms with Crippen molar-refractivity contribution in [3.05, 3.63) is 42.0 Å². The topological polar surface area (TPSA) is 46.5 Å². The summed E-state index contributed by atoms with van der Waals surface area (Å²) in [4.78, 5) is 11.8. The summed E-state index contributed by atoms with van der Waals surface area (Å²) >= 11 is 0. The Balaban J connectivity index is 2.32. The molecule has 1 N–H and O–H groups in total. The maximum absolute atomic E-state index is 11.8. The van der Waals surface area contributed by atoms with Gasteiger partial charge in [-0.3, -0.25) is 4.79 Å². The Hall–Kier alpha value is -2.03. The van der Waals surface area contributed by atoms with E-state index in [1.54, 1.807) is 24.3 Å². The van der Waals surface area contributed by atoms with E-state index < -0.39 is 0 Å². The van der Waals surface area contributed by atoms with E-state index in [1.165, 1.54) is 25.7 Å². The normalized spacial score (nSPS) is 11.4. The van der Waals surface area contributed by atoms with Crippen molar-refractivity contribution < 1.29 is 14.6 Å². The molecule has 0 aliphatic heterocycles. The molecule has 0 fully saturated rings. The van der Waals surface area contributed by atoms with Crippen LogP contribution in [-0.4, -0.2) is 17.5 Å². The van der Waals surface area contributed by atoms with Crippen LogP contribution in [-0.2, 0) is 4.79 Å². The van der Waals surface area contributed by atoms with Gasteiger partial charge in [0.25, 0.3) is 0 Å². The lowest BCUT2D eigenvalue weighted by atomic mass is 10.1. The van der Waals surface area contributed by atoms with Gasteiger partial charge in [-0.05, 0) is 36.6 Å². The second-order valence-corrected chi connectivity index (χ2v) is 6.28. The van der Waals surface area contributed by atoms with Crippen LogP contribution in [0.25, 0.3) is 6.08 Å². The Morgan fingerprint density at radius 2 is 1.80 bits per heavy atom. The molecule has 0 aliphatic carbocycles. The average Bonchev–Trinajstić information content (AvgIpc) is 2.61. The summed E-state index contributed by atoms with van der Waals surface area (Å²) in [6.07, 6.45) is 15.8. The number of ketones is 1. The van der Waals surface area contributed by atoms with Gasteiger partial charge in [-0.2, -0.15) is 0 Å². The minimum Gasteiger partial charge on any atom is -0.504 e. The zero-order chi connectivity index (χ0) is 18.3. The second-order valence-electron chi connectivity index (χ2n) is 6.28. The Bertz CT molecular complexity index is 558. The molecule has 0 amide bonds. The monoisotopic (exact) mass is 344 g/mol. The van der Waals surface area contributed by atoms with Crippen LogP contribution >= 0.6 is 0 Å². The van der Waals surface area contributed by atoms with Crippen molar-refractivity contribution >= 4 is 11.9 Å². The fourth-order valence-corrected chi connectivity index (χ4v) is 2.46. The smallest absolute Gasteiger partial charge is 0.160 e. The number of phenolic OH excluding ortho intramolecular Hbond substituents is 1. The molecule has 138 valence electrons. The summed E-state index contributed by atoms with van der Waals surface area (Å²) in [5.41, 5.74) is 0.870. The first-order valence-electron chi connectivity index (χ1n) is 9.50. The minimum absolute atomic E-state index is 0.138. The standard InChI is InChI=1S/C22H32O3/c1-3-5-6-7-8-9-13-20(23)14-11-10-12-19-15-16-22(21(24)18-19)25-17-4-2/h10-12,14-16,18,24H,3-9,13,17H2,1-2H3. The van der Waals surface area contributed by atoms with E-state index in [1.807, 2.05) is 25.1 Å². The lowest BCUT2D eigenvalue weighted by Crippen LogP contribution is -1.95. The SMILES string of the molecule is CCCCCCCCC(=O)C=CC=Cc1ccc(OCCC)c(O)c1. The number of unbranched alkanes of at least 4 members (excludes halogenated alkanes) is 5. The Kier molecular flexibility index (Phi) is 11.2. The number of hydrogen-bond donors (Lipinski definition) is 1. The molecular formula is C22H32O3. The Morgan fingerprint density at radius 3 is 2.52 bits per heavy atom. The quantitative estimate of drug-likeness (QED) is 0.268. The van der Waals surface area contributed by atoms with Crippen molar-refractivity contribution in [1.29, 1.82) is 0 Å². The Morgan fingerprint density at radius 1 is 1.04 bits per heavy atom. The first kappa shape index (κ1) is 21.0. The van der Waals surface area contributed by atoms with Crippen molar-refractivity contribution in [2.45, 2.75) is 65.2 Å². The Labute approximate surface area is 152 Å². The van der Waals surface area contributed by atoms with E-state index in [0.29, 0.717) is 18.8 Å². The first-order valence-corrected chi connectivity index (χ1v) is 9.50. The van der Waals surface area contributed by atoms with E-state index >= 15 is 0 Å². The minimum atomic E-state index is 0.138. The molecule has 0 bridgehead atoms. The van der Waals surface area contributed by atoms with Gasteiger partial charge in [-0.25, -0.2) is 0 Å². The second kappa shape index (κ2) is 13.3. The van der Waals surface area contributed by atoms with Crippen molar-refractivity contribution in [2.24, 2.45) is 0 Å². The van der Waals surface area contributed by atoms with Gasteiger partial charge in [0, 0.05) is 6.42 Å². The van der Waals surface area contributed by atoms with Crippen LogP contribution < -0.4 is 4.74 Å². The maximum Gasteiger partial charge on any atom is 0.160 e. The molecule has 1 rings (SSSR count). The summed E-state index contributed by atoms with van der Waals surface area (Å²) in [5.74, 6) is 0.814.